The van der Waals surface area contributed by atoms with Crippen LogP contribution in [0.1, 0.15) is 18.4 Å². The summed E-state index contributed by atoms with van der Waals surface area (Å²) in [6.45, 7) is 3.75. The van der Waals surface area contributed by atoms with Crippen molar-refractivity contribution in [1.29, 1.82) is 0 Å². The highest BCUT2D eigenvalue weighted by Gasteiger charge is 2.42. The number of rotatable bonds is 3. The Kier molecular flexibility index (Phi) is 10.8. The Morgan fingerprint density at radius 1 is 0.897 bits per heavy atom. The molecule has 2 aromatic rings. The summed E-state index contributed by atoms with van der Waals surface area (Å²) in [7, 11) is 0. The molecule has 1 amide bonds. The number of aliphatic carboxylic acids is 2. The van der Waals surface area contributed by atoms with Crippen molar-refractivity contribution in [3.8, 4) is 0 Å². The summed E-state index contributed by atoms with van der Waals surface area (Å²) in [5, 5.41) is 14.2. The number of likely N-dealkylation sites (tertiary alicyclic amines) is 1. The van der Waals surface area contributed by atoms with Crippen LogP contribution >= 0.6 is 0 Å². The number of morpholine rings is 1. The molecule has 1 spiro atoms. The van der Waals surface area contributed by atoms with Gasteiger partial charge in [-0.1, -0.05) is 18.2 Å². The summed E-state index contributed by atoms with van der Waals surface area (Å²) in [5.41, 5.74) is 2.05. The molecule has 0 radical (unpaired) electrons. The third-order valence-electron chi connectivity index (χ3n) is 5.72. The van der Waals surface area contributed by atoms with Gasteiger partial charge < -0.3 is 19.8 Å². The first-order valence-electron chi connectivity index (χ1n) is 11.3. The maximum atomic E-state index is 12.3. The Hall–Kier alpha value is -3.72. The van der Waals surface area contributed by atoms with E-state index in [2.05, 4.69) is 22.0 Å². The predicted octanol–water partition coefficient (Wildman–Crippen LogP) is 3.75. The van der Waals surface area contributed by atoms with Crippen molar-refractivity contribution in [2.24, 2.45) is 0 Å². The number of ether oxygens (including phenoxy) is 1. The van der Waals surface area contributed by atoms with E-state index in [0.717, 1.165) is 38.2 Å². The van der Waals surface area contributed by atoms with E-state index in [-0.39, 0.29) is 18.1 Å². The summed E-state index contributed by atoms with van der Waals surface area (Å²) >= 11 is 0. The average molecular weight is 565 g/mol. The van der Waals surface area contributed by atoms with Crippen molar-refractivity contribution in [2.75, 3.05) is 31.1 Å². The van der Waals surface area contributed by atoms with Crippen molar-refractivity contribution in [3.63, 3.8) is 0 Å². The number of carbonyl (C=O) groups excluding carboxylic acids is 1. The zero-order valence-corrected chi connectivity index (χ0v) is 20.3. The first-order chi connectivity index (χ1) is 18.1. The first-order valence-corrected chi connectivity index (χ1v) is 11.3. The average Bonchev–Trinajstić information content (AvgIpc) is 2.88. The van der Waals surface area contributed by atoms with E-state index in [1.165, 1.54) is 5.56 Å². The van der Waals surface area contributed by atoms with E-state index >= 15 is 0 Å². The lowest BCUT2D eigenvalue weighted by atomic mass is 9.89. The minimum atomic E-state index is -5.08. The molecule has 2 fully saturated rings. The molecule has 0 aliphatic carbocycles. The van der Waals surface area contributed by atoms with Gasteiger partial charge in [0.15, 0.2) is 0 Å². The van der Waals surface area contributed by atoms with Gasteiger partial charge >= 0.3 is 24.3 Å². The number of carboxylic acid groups (broad SMARTS) is 2. The molecule has 2 aliphatic heterocycles. The van der Waals surface area contributed by atoms with Gasteiger partial charge in [-0.05, 0) is 42.7 Å². The number of nitrogens with zero attached hydrogens (tertiary/aromatic N) is 3. The standard InChI is InChI=1S/C20H23N3O2.2C2HF3O2/c24-19-15-25-20(16-23(19)18-4-2-1-3-5-18)8-12-22(13-9-20)14-17-6-10-21-11-7-17;2*3-2(4,5)1(6)7/h1-7,10-11H,8-9,12-16H2;2*(H,6,7). The summed E-state index contributed by atoms with van der Waals surface area (Å²) < 4.78 is 69.5. The van der Waals surface area contributed by atoms with Gasteiger partial charge in [-0.25, -0.2) is 9.59 Å². The zero-order chi connectivity index (χ0) is 29.3. The number of alkyl halides is 6. The molecule has 39 heavy (non-hydrogen) atoms. The second kappa shape index (κ2) is 13.4. The summed E-state index contributed by atoms with van der Waals surface area (Å²) in [4.78, 5) is 38.5. The number of aromatic nitrogens is 1. The van der Waals surface area contributed by atoms with Crippen LogP contribution in [0.15, 0.2) is 54.9 Å². The summed E-state index contributed by atoms with van der Waals surface area (Å²) in [6, 6.07) is 14.0. The summed E-state index contributed by atoms with van der Waals surface area (Å²) in [5.74, 6) is -5.46. The smallest absolute Gasteiger partial charge is 0.475 e. The van der Waals surface area contributed by atoms with Gasteiger partial charge in [0.2, 0.25) is 0 Å². The number of para-hydroxylation sites is 1. The predicted molar refractivity (Wildman–Crippen MR) is 124 cm³/mol. The fourth-order valence-corrected chi connectivity index (χ4v) is 3.73. The largest absolute Gasteiger partial charge is 0.490 e. The third-order valence-corrected chi connectivity index (χ3v) is 5.72. The van der Waals surface area contributed by atoms with Crippen molar-refractivity contribution < 1.29 is 55.7 Å². The molecular weight excluding hydrogens is 540 g/mol. The lowest BCUT2D eigenvalue weighted by Crippen LogP contribution is -2.58. The Morgan fingerprint density at radius 2 is 1.38 bits per heavy atom. The lowest BCUT2D eigenvalue weighted by molar-refractivity contribution is -0.193. The van der Waals surface area contributed by atoms with E-state index in [4.69, 9.17) is 24.5 Å². The van der Waals surface area contributed by atoms with Crippen LogP contribution in [0.3, 0.4) is 0 Å². The number of hydrogen-bond acceptors (Lipinski definition) is 6. The van der Waals surface area contributed by atoms with Gasteiger partial charge in [0.05, 0.1) is 12.1 Å². The highest BCUT2D eigenvalue weighted by Crippen LogP contribution is 2.33. The molecule has 3 heterocycles. The molecule has 4 rings (SSSR count). The lowest BCUT2D eigenvalue weighted by Gasteiger charge is -2.47. The zero-order valence-electron chi connectivity index (χ0n) is 20.3. The van der Waals surface area contributed by atoms with Crippen LogP contribution in [0.5, 0.6) is 0 Å². The molecule has 1 aromatic carbocycles. The van der Waals surface area contributed by atoms with Crippen LogP contribution in [-0.4, -0.2) is 82.1 Å². The molecule has 214 valence electrons. The molecule has 1 aromatic heterocycles. The topological polar surface area (TPSA) is 120 Å². The molecule has 0 bridgehead atoms. The van der Waals surface area contributed by atoms with E-state index in [9.17, 15) is 31.1 Å². The van der Waals surface area contributed by atoms with Gasteiger partial charge in [0.25, 0.3) is 5.91 Å². The minimum absolute atomic E-state index is 0.0519. The first kappa shape index (κ1) is 31.5. The molecule has 2 saturated heterocycles. The van der Waals surface area contributed by atoms with Crippen LogP contribution in [-0.2, 0) is 25.7 Å². The highest BCUT2D eigenvalue weighted by atomic mass is 19.4. The number of pyridine rings is 1. The number of piperidine rings is 1. The molecule has 0 unspecified atom stereocenters. The third kappa shape index (κ3) is 10.2. The van der Waals surface area contributed by atoms with Crippen LogP contribution in [0.4, 0.5) is 32.0 Å². The van der Waals surface area contributed by atoms with Crippen LogP contribution in [0.2, 0.25) is 0 Å². The van der Waals surface area contributed by atoms with Crippen LogP contribution < -0.4 is 4.90 Å². The quantitative estimate of drug-likeness (QED) is 0.541. The molecule has 2 N–H and O–H groups in total. The molecule has 0 saturated carbocycles. The molecule has 9 nitrogen and oxygen atoms in total. The van der Waals surface area contributed by atoms with Crippen LogP contribution in [0.25, 0.3) is 0 Å². The van der Waals surface area contributed by atoms with Gasteiger partial charge in [-0.15, -0.1) is 0 Å². The number of amides is 1. The number of anilines is 1. The fourth-order valence-electron chi connectivity index (χ4n) is 3.73. The molecular formula is C24H25F6N3O6. The SMILES string of the molecule is O=C(O)C(F)(F)F.O=C(O)C(F)(F)F.O=C1COC2(CCN(Cc3ccncc3)CC2)CN1c1ccccc1. The fraction of sp³-hybridized carbons (Fsp3) is 0.417. The van der Waals surface area contributed by atoms with Crippen molar-refractivity contribution in [3.05, 3.63) is 60.4 Å². The second-order valence-corrected chi connectivity index (χ2v) is 8.52. The van der Waals surface area contributed by atoms with Gasteiger partial charge in [-0.3, -0.25) is 14.7 Å². The summed E-state index contributed by atoms with van der Waals surface area (Å²) in [6.07, 6.45) is -4.58. The van der Waals surface area contributed by atoms with Crippen LogP contribution in [0, 0.1) is 0 Å². The van der Waals surface area contributed by atoms with Crippen molar-refractivity contribution in [1.82, 2.24) is 9.88 Å². The highest BCUT2D eigenvalue weighted by molar-refractivity contribution is 5.95. The Balaban J connectivity index is 0.000000317. The van der Waals surface area contributed by atoms with E-state index < -0.39 is 24.3 Å². The van der Waals surface area contributed by atoms with Crippen molar-refractivity contribution in [2.45, 2.75) is 37.3 Å². The van der Waals surface area contributed by atoms with E-state index in [1.807, 2.05) is 47.6 Å². The Labute approximate surface area is 218 Å². The maximum absolute atomic E-state index is 12.3. The Morgan fingerprint density at radius 3 is 1.85 bits per heavy atom. The van der Waals surface area contributed by atoms with E-state index in [1.54, 1.807) is 0 Å². The number of carbonyl (C=O) groups is 3. The number of carboxylic acids is 2. The second-order valence-electron chi connectivity index (χ2n) is 8.52. The van der Waals surface area contributed by atoms with Gasteiger partial charge in [0.1, 0.15) is 6.61 Å². The molecule has 2 aliphatic rings. The normalized spacial score (nSPS) is 17.4. The minimum Gasteiger partial charge on any atom is -0.475 e. The monoisotopic (exact) mass is 565 g/mol. The number of halogens is 6. The van der Waals surface area contributed by atoms with Crippen molar-refractivity contribution >= 4 is 23.5 Å². The molecule has 15 heteroatoms. The molecule has 0 atom stereocenters. The Bertz CT molecular complexity index is 1070. The number of benzene rings is 1. The van der Waals surface area contributed by atoms with E-state index in [0.29, 0.717) is 6.54 Å². The van der Waals surface area contributed by atoms with Gasteiger partial charge in [0, 0.05) is 37.7 Å². The van der Waals surface area contributed by atoms with Gasteiger partial charge in [-0.2, -0.15) is 26.3 Å². The number of hydrogen-bond donors (Lipinski definition) is 2. The maximum Gasteiger partial charge on any atom is 0.490 e.